The maximum Gasteiger partial charge on any atom is 2.00 e. The van der Waals surface area contributed by atoms with Crippen LogP contribution in [0.15, 0.2) is 58.3 Å². The van der Waals surface area contributed by atoms with Crippen LogP contribution in [0.5, 0.6) is 0 Å². The number of hydrogen-bond donors (Lipinski definition) is 0. The molecule has 0 atom stereocenters. The first-order chi connectivity index (χ1) is 9.52. The Hall–Kier alpha value is -1.85. The maximum absolute atomic E-state index is 12.4. The van der Waals surface area contributed by atoms with E-state index in [-0.39, 0.29) is 40.4 Å². The van der Waals surface area contributed by atoms with Crippen LogP contribution in [0.3, 0.4) is 0 Å². The molecule has 2 aromatic rings. The number of aromatic carboxylic acids is 2. The number of hydrogen-bond acceptors (Lipinski definition) is 5. The van der Waals surface area contributed by atoms with Crippen LogP contribution < -0.4 is 10.2 Å². The zero-order valence-electron chi connectivity index (χ0n) is 10.8. The molecule has 0 aromatic heterocycles. The third-order valence-electron chi connectivity index (χ3n) is 2.61. The number of carboxylic acid groups (broad SMARTS) is 2. The zero-order chi connectivity index (χ0) is 14.7. The molecule has 21 heavy (non-hydrogen) atoms. The van der Waals surface area contributed by atoms with Crippen LogP contribution in [0.2, 0.25) is 0 Å². The Bertz CT molecular complexity index is 655. The molecule has 0 saturated carbocycles. The van der Waals surface area contributed by atoms with Gasteiger partial charge >= 0.3 is 19.5 Å². The number of carbonyl (C=O) groups excluding carboxylic acids is 2. The van der Waals surface area contributed by atoms with Crippen LogP contribution in [0.4, 0.5) is 0 Å². The smallest absolute Gasteiger partial charge is 0.545 e. The van der Waals surface area contributed by atoms with Crippen molar-refractivity contribution in [2.24, 2.45) is 0 Å². The molecule has 0 fully saturated rings. The Kier molecular flexibility index (Phi) is 5.94. The Balaban J connectivity index is 0.00000220. The van der Waals surface area contributed by atoms with E-state index in [9.17, 15) is 24.0 Å². The molecule has 0 unspecified atom stereocenters. The van der Waals surface area contributed by atoms with E-state index in [1.165, 1.54) is 48.5 Å². The minimum atomic E-state index is -1.95. The molecule has 0 N–H and O–H groups in total. The van der Waals surface area contributed by atoms with E-state index in [0.29, 0.717) is 0 Å². The van der Waals surface area contributed by atoms with E-state index in [1.54, 1.807) is 0 Å². The Morgan fingerprint density at radius 3 is 1.43 bits per heavy atom. The third-order valence-corrected chi connectivity index (χ3v) is 4.12. The summed E-state index contributed by atoms with van der Waals surface area (Å²) in [6, 6.07) is 11.2. The molecule has 0 aliphatic heterocycles. The van der Waals surface area contributed by atoms with Crippen molar-refractivity contribution in [3.05, 3.63) is 59.7 Å². The predicted octanol–water partition coefficient (Wildman–Crippen LogP) is -0.422. The summed E-state index contributed by atoms with van der Waals surface area (Å²) >= 11 is 0. The molecule has 0 aliphatic rings. The average Bonchev–Trinajstić information content (AvgIpc) is 2.46. The van der Waals surface area contributed by atoms with Gasteiger partial charge in [-0.05, 0) is 12.1 Å². The summed E-state index contributed by atoms with van der Waals surface area (Å²) in [5.74, 6) is -2.94. The molecule has 0 amide bonds. The molecule has 2 aromatic carbocycles. The van der Waals surface area contributed by atoms with Crippen LogP contribution in [0, 0.1) is 0 Å². The van der Waals surface area contributed by atoms with Gasteiger partial charge in [0.25, 0.3) is 0 Å². The van der Waals surface area contributed by atoms with Gasteiger partial charge < -0.3 is 19.8 Å². The largest absolute Gasteiger partial charge is 2.00 e. The minimum absolute atomic E-state index is 0. The van der Waals surface area contributed by atoms with Crippen molar-refractivity contribution in [2.45, 2.75) is 9.79 Å². The molecular formula is C14H8O5SZn. The van der Waals surface area contributed by atoms with Crippen molar-refractivity contribution in [3.63, 3.8) is 0 Å². The van der Waals surface area contributed by atoms with Gasteiger partial charge in [0.1, 0.15) is 0 Å². The van der Waals surface area contributed by atoms with Gasteiger partial charge in [-0.25, -0.2) is 4.21 Å². The van der Waals surface area contributed by atoms with Crippen LogP contribution in [-0.4, -0.2) is 16.1 Å². The molecule has 0 spiro atoms. The number of carboxylic acids is 2. The van der Waals surface area contributed by atoms with Crippen molar-refractivity contribution in [1.29, 1.82) is 0 Å². The molecule has 0 aliphatic carbocycles. The van der Waals surface area contributed by atoms with Gasteiger partial charge in [-0.15, -0.1) is 0 Å². The minimum Gasteiger partial charge on any atom is -0.545 e. The second kappa shape index (κ2) is 7.24. The van der Waals surface area contributed by atoms with Gasteiger partial charge in [0.05, 0.1) is 32.5 Å². The molecule has 0 bridgehead atoms. The molecule has 0 radical (unpaired) electrons. The normalized spacial score (nSPS) is 9.95. The Labute approximate surface area is 135 Å². The third kappa shape index (κ3) is 3.62. The topological polar surface area (TPSA) is 97.3 Å². The van der Waals surface area contributed by atoms with E-state index >= 15 is 0 Å². The monoisotopic (exact) mass is 352 g/mol. The summed E-state index contributed by atoms with van der Waals surface area (Å²) in [7, 11) is -1.95. The SMILES string of the molecule is O=C([O-])c1ccccc1S(=O)c1ccccc1C(=O)[O-].[Zn+2]. The molecule has 0 saturated heterocycles. The van der Waals surface area contributed by atoms with Gasteiger partial charge in [-0.3, -0.25) is 0 Å². The summed E-state index contributed by atoms with van der Waals surface area (Å²) in [5.41, 5.74) is -0.474. The summed E-state index contributed by atoms with van der Waals surface area (Å²) in [6.45, 7) is 0. The summed E-state index contributed by atoms with van der Waals surface area (Å²) in [5, 5.41) is 22.0. The quantitative estimate of drug-likeness (QED) is 0.695. The molecule has 7 heteroatoms. The summed E-state index contributed by atoms with van der Waals surface area (Å²) in [6.07, 6.45) is 0. The molecule has 102 valence electrons. The van der Waals surface area contributed by atoms with Gasteiger partial charge in [0.2, 0.25) is 0 Å². The Morgan fingerprint density at radius 1 is 0.762 bits per heavy atom. The number of rotatable bonds is 4. The first kappa shape index (κ1) is 17.2. The van der Waals surface area contributed by atoms with E-state index in [0.717, 1.165) is 0 Å². The van der Waals surface area contributed by atoms with Crippen molar-refractivity contribution in [3.8, 4) is 0 Å². The van der Waals surface area contributed by atoms with Crippen LogP contribution in [0.25, 0.3) is 0 Å². The second-order valence-electron chi connectivity index (χ2n) is 3.84. The van der Waals surface area contributed by atoms with Crippen LogP contribution in [0.1, 0.15) is 20.7 Å². The van der Waals surface area contributed by atoms with Gasteiger partial charge in [-0.1, -0.05) is 36.4 Å². The van der Waals surface area contributed by atoms with Gasteiger partial charge in [-0.2, -0.15) is 0 Å². The number of carbonyl (C=O) groups is 2. The standard InChI is InChI=1S/C14H10O5S.Zn/c15-13(16)9-5-1-3-7-11(9)20(19)12-8-4-2-6-10(12)14(17)18;/h1-8H,(H,15,16)(H,17,18);/q;+2/p-2. The second-order valence-corrected chi connectivity index (χ2v) is 5.25. The molecule has 0 heterocycles. The van der Waals surface area contributed by atoms with E-state index in [1.807, 2.05) is 0 Å². The fourth-order valence-corrected chi connectivity index (χ4v) is 3.06. The molecule has 5 nitrogen and oxygen atoms in total. The van der Waals surface area contributed by atoms with Gasteiger partial charge in [0.15, 0.2) is 0 Å². The maximum atomic E-state index is 12.4. The van der Waals surface area contributed by atoms with Crippen LogP contribution >= 0.6 is 0 Å². The van der Waals surface area contributed by atoms with E-state index in [2.05, 4.69) is 0 Å². The Morgan fingerprint density at radius 2 is 1.10 bits per heavy atom. The first-order valence-electron chi connectivity index (χ1n) is 5.55. The molecule has 2 rings (SSSR count). The van der Waals surface area contributed by atoms with Gasteiger partial charge in [0, 0.05) is 11.1 Å². The summed E-state index contributed by atoms with van der Waals surface area (Å²) < 4.78 is 12.4. The zero-order valence-corrected chi connectivity index (χ0v) is 14.6. The van der Waals surface area contributed by atoms with Crippen molar-refractivity contribution < 1.29 is 43.5 Å². The number of benzene rings is 2. The average molecular weight is 354 g/mol. The van der Waals surface area contributed by atoms with E-state index < -0.39 is 22.7 Å². The van der Waals surface area contributed by atoms with Crippen molar-refractivity contribution >= 4 is 22.7 Å². The van der Waals surface area contributed by atoms with Crippen LogP contribution in [-0.2, 0) is 30.3 Å². The first-order valence-corrected chi connectivity index (χ1v) is 6.70. The fourth-order valence-electron chi connectivity index (χ4n) is 1.71. The predicted molar refractivity (Wildman–Crippen MR) is 66.2 cm³/mol. The van der Waals surface area contributed by atoms with Crippen molar-refractivity contribution in [1.82, 2.24) is 0 Å². The van der Waals surface area contributed by atoms with E-state index in [4.69, 9.17) is 0 Å². The molecular weight excluding hydrogens is 346 g/mol. The van der Waals surface area contributed by atoms with Crippen molar-refractivity contribution in [2.75, 3.05) is 0 Å². The summed E-state index contributed by atoms with van der Waals surface area (Å²) in [4.78, 5) is 22.0. The fraction of sp³-hybridized carbons (Fsp3) is 0.